The van der Waals surface area contributed by atoms with Crippen molar-refractivity contribution >= 4 is 22.5 Å². The predicted molar refractivity (Wildman–Crippen MR) is 99.3 cm³/mol. The Morgan fingerprint density at radius 2 is 2.04 bits per heavy atom. The third-order valence-electron chi connectivity index (χ3n) is 5.10. The Morgan fingerprint density at radius 3 is 2.76 bits per heavy atom. The largest absolute Gasteiger partial charge is 0.493 e. The van der Waals surface area contributed by atoms with Gasteiger partial charge in [0.05, 0.1) is 5.52 Å². The summed E-state index contributed by atoms with van der Waals surface area (Å²) in [5, 5.41) is 19.7. The third-order valence-corrected chi connectivity index (χ3v) is 5.10. The van der Waals surface area contributed by atoms with Crippen molar-refractivity contribution in [2.75, 3.05) is 0 Å². The van der Waals surface area contributed by atoms with E-state index in [0.29, 0.717) is 5.69 Å². The van der Waals surface area contributed by atoms with Crippen LogP contribution in [0, 0.1) is 12.8 Å². The maximum Gasteiger partial charge on any atom is 0.267 e. The smallest absolute Gasteiger partial charge is 0.267 e. The van der Waals surface area contributed by atoms with E-state index >= 15 is 0 Å². The zero-order valence-electron chi connectivity index (χ0n) is 15.2. The van der Waals surface area contributed by atoms with Gasteiger partial charge >= 0.3 is 0 Å². The number of rotatable bonds is 5. The lowest BCUT2D eigenvalue weighted by atomic mass is 9.89. The first-order chi connectivity index (χ1) is 12.1. The quantitative estimate of drug-likeness (QED) is 0.714. The molecule has 1 aromatic heterocycles. The summed E-state index contributed by atoms with van der Waals surface area (Å²) in [6, 6.07) is 6.03. The molecule has 1 saturated carbocycles. The molecule has 0 saturated heterocycles. The molecule has 0 radical (unpaired) electrons. The van der Waals surface area contributed by atoms with E-state index in [-0.39, 0.29) is 17.7 Å². The second kappa shape index (κ2) is 7.81. The van der Waals surface area contributed by atoms with Gasteiger partial charge in [0.25, 0.3) is 5.91 Å². The Labute approximate surface area is 148 Å². The van der Waals surface area contributed by atoms with E-state index in [1.54, 1.807) is 0 Å². The molecule has 1 aliphatic carbocycles. The standard InChI is InChI=1S/C20H27N3O2/c1-3-4-12-23-17-11-10-14(2)13-16(17)18(20(23)25)21-22-19(24)15-8-6-5-7-9-15/h10-11,13,15,25H,3-9,12H2,1-2H3. The molecule has 1 fully saturated rings. The van der Waals surface area contributed by atoms with Crippen molar-refractivity contribution in [3.05, 3.63) is 23.8 Å². The Kier molecular flexibility index (Phi) is 5.51. The van der Waals surface area contributed by atoms with Gasteiger partial charge in [-0.2, -0.15) is 0 Å². The van der Waals surface area contributed by atoms with Gasteiger partial charge < -0.3 is 9.67 Å². The molecular weight excluding hydrogens is 314 g/mol. The number of fused-ring (bicyclic) bond motifs is 1. The van der Waals surface area contributed by atoms with Gasteiger partial charge in [0.15, 0.2) is 5.69 Å². The van der Waals surface area contributed by atoms with Crippen molar-refractivity contribution in [2.24, 2.45) is 16.1 Å². The number of aryl methyl sites for hydroxylation is 2. The van der Waals surface area contributed by atoms with Crippen molar-refractivity contribution in [2.45, 2.75) is 65.3 Å². The average Bonchev–Trinajstić information content (AvgIpc) is 2.89. The molecule has 0 aliphatic heterocycles. The summed E-state index contributed by atoms with van der Waals surface area (Å²) in [4.78, 5) is 12.3. The predicted octanol–water partition coefficient (Wildman–Crippen LogP) is 5.65. The van der Waals surface area contributed by atoms with Crippen LogP contribution in [0.5, 0.6) is 5.88 Å². The summed E-state index contributed by atoms with van der Waals surface area (Å²) >= 11 is 0. The molecule has 0 bridgehead atoms. The molecule has 134 valence electrons. The summed E-state index contributed by atoms with van der Waals surface area (Å²) in [5.74, 6) is -0.0507. The van der Waals surface area contributed by atoms with Crippen molar-refractivity contribution in [1.29, 1.82) is 0 Å². The highest BCUT2D eigenvalue weighted by atomic mass is 16.3. The number of benzene rings is 1. The lowest BCUT2D eigenvalue weighted by Crippen LogP contribution is -2.15. The van der Waals surface area contributed by atoms with E-state index in [2.05, 4.69) is 17.2 Å². The Balaban J connectivity index is 1.94. The van der Waals surface area contributed by atoms with Crippen LogP contribution < -0.4 is 0 Å². The molecule has 0 spiro atoms. The topological polar surface area (TPSA) is 66.9 Å². The molecule has 1 heterocycles. The molecule has 3 rings (SSSR count). The molecule has 5 nitrogen and oxygen atoms in total. The van der Waals surface area contributed by atoms with E-state index < -0.39 is 0 Å². The zero-order valence-corrected chi connectivity index (χ0v) is 15.2. The maximum absolute atomic E-state index is 12.3. The van der Waals surface area contributed by atoms with E-state index in [0.717, 1.165) is 61.5 Å². The number of unbranched alkanes of at least 4 members (excludes halogenated alkanes) is 1. The zero-order chi connectivity index (χ0) is 17.8. The molecular formula is C20H27N3O2. The van der Waals surface area contributed by atoms with E-state index in [4.69, 9.17) is 0 Å². The number of hydrogen-bond acceptors (Lipinski definition) is 3. The fraction of sp³-hybridized carbons (Fsp3) is 0.550. The van der Waals surface area contributed by atoms with Gasteiger partial charge in [-0.15, -0.1) is 10.2 Å². The minimum Gasteiger partial charge on any atom is -0.493 e. The van der Waals surface area contributed by atoms with Gasteiger partial charge in [-0.05, 0) is 38.3 Å². The lowest BCUT2D eigenvalue weighted by Gasteiger charge is -2.17. The minimum absolute atomic E-state index is 0.00480. The highest BCUT2D eigenvalue weighted by Gasteiger charge is 2.22. The summed E-state index contributed by atoms with van der Waals surface area (Å²) in [6.07, 6.45) is 7.21. The van der Waals surface area contributed by atoms with Crippen LogP contribution in [-0.2, 0) is 11.3 Å². The number of carbonyl (C=O) groups excluding carboxylic acids is 1. The Hall–Kier alpha value is -2.17. The monoisotopic (exact) mass is 341 g/mol. The number of carbonyl (C=O) groups is 1. The second-order valence-corrected chi connectivity index (χ2v) is 7.07. The maximum atomic E-state index is 12.3. The first-order valence-corrected chi connectivity index (χ1v) is 9.39. The molecule has 1 aromatic carbocycles. The van der Waals surface area contributed by atoms with Crippen LogP contribution in [0.2, 0.25) is 0 Å². The summed E-state index contributed by atoms with van der Waals surface area (Å²) in [6.45, 7) is 4.86. The molecule has 1 N–H and O–H groups in total. The van der Waals surface area contributed by atoms with Crippen LogP contribution in [0.15, 0.2) is 28.4 Å². The first-order valence-electron chi connectivity index (χ1n) is 9.39. The summed E-state index contributed by atoms with van der Waals surface area (Å²) in [7, 11) is 0. The van der Waals surface area contributed by atoms with Gasteiger partial charge in [0, 0.05) is 17.8 Å². The fourth-order valence-corrected chi connectivity index (χ4v) is 3.61. The van der Waals surface area contributed by atoms with Gasteiger partial charge in [-0.25, -0.2) is 0 Å². The fourth-order valence-electron chi connectivity index (χ4n) is 3.61. The van der Waals surface area contributed by atoms with E-state index in [1.807, 2.05) is 29.7 Å². The number of hydrogen-bond donors (Lipinski definition) is 1. The normalized spacial score (nSPS) is 16.1. The second-order valence-electron chi connectivity index (χ2n) is 7.07. The van der Waals surface area contributed by atoms with E-state index in [9.17, 15) is 9.90 Å². The van der Waals surface area contributed by atoms with Crippen molar-refractivity contribution in [1.82, 2.24) is 4.57 Å². The van der Waals surface area contributed by atoms with Crippen LogP contribution in [0.4, 0.5) is 5.69 Å². The van der Waals surface area contributed by atoms with Crippen LogP contribution in [0.1, 0.15) is 57.4 Å². The van der Waals surface area contributed by atoms with Crippen molar-refractivity contribution in [3.63, 3.8) is 0 Å². The molecule has 1 aliphatic rings. The number of aromatic nitrogens is 1. The number of nitrogens with zero attached hydrogens (tertiary/aromatic N) is 3. The molecule has 0 atom stereocenters. The lowest BCUT2D eigenvalue weighted by molar-refractivity contribution is -0.122. The molecule has 2 aromatic rings. The Bertz CT molecular complexity index is 786. The first kappa shape index (κ1) is 17.6. The van der Waals surface area contributed by atoms with Crippen molar-refractivity contribution in [3.8, 4) is 5.88 Å². The SMILES string of the molecule is CCCCn1c(O)c(N=NC(=O)C2CCCCC2)c2cc(C)ccc21. The molecule has 0 unspecified atom stereocenters. The van der Waals surface area contributed by atoms with Gasteiger partial charge in [0.2, 0.25) is 5.88 Å². The van der Waals surface area contributed by atoms with Crippen LogP contribution in [0.25, 0.3) is 10.9 Å². The molecule has 25 heavy (non-hydrogen) atoms. The van der Waals surface area contributed by atoms with Crippen LogP contribution in [0.3, 0.4) is 0 Å². The number of aromatic hydroxyl groups is 1. The van der Waals surface area contributed by atoms with Crippen molar-refractivity contribution < 1.29 is 9.90 Å². The minimum atomic E-state index is -0.152. The highest BCUT2D eigenvalue weighted by molar-refractivity contribution is 5.95. The number of azo groups is 1. The molecule has 1 amide bonds. The average molecular weight is 341 g/mol. The van der Waals surface area contributed by atoms with Gasteiger partial charge in [-0.1, -0.05) is 44.2 Å². The van der Waals surface area contributed by atoms with Gasteiger partial charge in [-0.3, -0.25) is 4.79 Å². The highest BCUT2D eigenvalue weighted by Crippen LogP contribution is 2.39. The third kappa shape index (κ3) is 3.75. The van der Waals surface area contributed by atoms with Gasteiger partial charge in [0.1, 0.15) is 0 Å². The Morgan fingerprint density at radius 1 is 1.28 bits per heavy atom. The summed E-state index contributed by atoms with van der Waals surface area (Å²) in [5.41, 5.74) is 2.45. The summed E-state index contributed by atoms with van der Waals surface area (Å²) < 4.78 is 1.87. The van der Waals surface area contributed by atoms with E-state index in [1.165, 1.54) is 6.42 Å². The molecule has 5 heteroatoms. The number of amides is 1. The van der Waals surface area contributed by atoms with Crippen LogP contribution in [-0.4, -0.2) is 15.6 Å². The van der Waals surface area contributed by atoms with Crippen LogP contribution >= 0.6 is 0 Å².